The fourth-order valence-corrected chi connectivity index (χ4v) is 9.02. The van der Waals surface area contributed by atoms with Crippen molar-refractivity contribution in [2.45, 2.75) is 52.8 Å². The molecule has 2 aliphatic rings. The molecule has 2 bridgehead atoms. The number of rotatable bonds is 6. The lowest BCUT2D eigenvalue weighted by Crippen LogP contribution is -2.49. The molecule has 8 heteroatoms. The van der Waals surface area contributed by atoms with Crippen LogP contribution in [0.25, 0.3) is 11.1 Å². The first kappa shape index (κ1) is 23.1. The van der Waals surface area contributed by atoms with Gasteiger partial charge in [0.15, 0.2) is 9.84 Å². The van der Waals surface area contributed by atoms with Crippen LogP contribution in [0.15, 0.2) is 88.7 Å². The van der Waals surface area contributed by atoms with E-state index in [2.05, 4.69) is 0 Å². The molecular weight excluding hydrogens is 470 g/mol. The summed E-state index contributed by atoms with van der Waals surface area (Å²) in [5.74, 6) is 0.760. The van der Waals surface area contributed by atoms with E-state index in [1.165, 1.54) is 0 Å². The zero-order chi connectivity index (χ0) is 23.9. The smallest absolute Gasteiger partial charge is 0.243 e. The molecule has 2 saturated heterocycles. The molecule has 2 aliphatic heterocycles. The molecule has 0 saturated carbocycles. The molecule has 0 N–H and O–H groups in total. The second-order valence-electron chi connectivity index (χ2n) is 8.92. The highest BCUT2D eigenvalue weighted by Crippen LogP contribution is 2.43. The largest absolute Gasteiger partial charge is 0.497 e. The van der Waals surface area contributed by atoms with Gasteiger partial charge in [0, 0.05) is 12.1 Å². The molecule has 34 heavy (non-hydrogen) atoms. The minimum atomic E-state index is -3.72. The lowest BCUT2D eigenvalue weighted by Gasteiger charge is -2.37. The first-order valence-corrected chi connectivity index (χ1v) is 14.4. The Bertz CT molecular complexity index is 1360. The molecule has 2 heterocycles. The first-order valence-electron chi connectivity index (χ1n) is 11.4. The Hall–Kier alpha value is -2.68. The number of sulfone groups is 1. The summed E-state index contributed by atoms with van der Waals surface area (Å²) < 4.78 is 60.2. The maximum Gasteiger partial charge on any atom is 0.243 e. The Morgan fingerprint density at radius 2 is 1.24 bits per heavy atom. The van der Waals surface area contributed by atoms with Gasteiger partial charge in [0.2, 0.25) is 10.0 Å². The minimum Gasteiger partial charge on any atom is -0.497 e. The van der Waals surface area contributed by atoms with Crippen molar-refractivity contribution in [3.8, 4) is 16.9 Å². The highest BCUT2D eigenvalue weighted by atomic mass is 32.2. The van der Waals surface area contributed by atoms with Crippen molar-refractivity contribution >= 4 is 19.9 Å². The van der Waals surface area contributed by atoms with Crippen LogP contribution in [0.1, 0.15) is 25.7 Å². The Morgan fingerprint density at radius 3 is 1.76 bits per heavy atom. The van der Waals surface area contributed by atoms with E-state index in [1.807, 2.05) is 36.4 Å². The summed E-state index contributed by atoms with van der Waals surface area (Å²) in [6.07, 6.45) is 2.04. The van der Waals surface area contributed by atoms with Gasteiger partial charge in [0.25, 0.3) is 0 Å². The van der Waals surface area contributed by atoms with Gasteiger partial charge in [-0.05, 0) is 73.2 Å². The molecule has 3 aromatic carbocycles. The van der Waals surface area contributed by atoms with E-state index in [4.69, 9.17) is 4.74 Å². The van der Waals surface area contributed by atoms with Crippen molar-refractivity contribution < 1.29 is 21.6 Å². The minimum absolute atomic E-state index is 0.242. The second kappa shape index (κ2) is 8.83. The molecular formula is C26H27NO5S2. The summed E-state index contributed by atoms with van der Waals surface area (Å²) in [4.78, 5) is 0.552. The molecule has 5 rings (SSSR count). The molecule has 2 unspecified atom stereocenters. The third kappa shape index (κ3) is 4.04. The average molecular weight is 498 g/mol. The van der Waals surface area contributed by atoms with Gasteiger partial charge in [0.1, 0.15) is 5.75 Å². The van der Waals surface area contributed by atoms with Gasteiger partial charge in [-0.2, -0.15) is 4.31 Å². The molecule has 0 amide bonds. The van der Waals surface area contributed by atoms with Gasteiger partial charge in [0.05, 0.1) is 22.2 Å². The third-order valence-corrected chi connectivity index (χ3v) is 11.2. The summed E-state index contributed by atoms with van der Waals surface area (Å²) in [6, 6.07) is 22.4. The molecule has 6 nitrogen and oxygen atoms in total. The van der Waals surface area contributed by atoms with Crippen LogP contribution in [-0.2, 0) is 19.9 Å². The molecule has 178 valence electrons. The van der Waals surface area contributed by atoms with Crippen LogP contribution in [0.4, 0.5) is 0 Å². The van der Waals surface area contributed by atoms with Gasteiger partial charge in [-0.25, -0.2) is 16.8 Å². The number of methoxy groups -OCH3 is 1. The molecule has 3 aromatic rings. The normalized spacial score (nSPS) is 23.0. The standard InChI is InChI=1S/C26H27NO5S2/c1-32-23-13-7-19(8-14-23)20-9-15-25(16-10-20)34(30,31)27-21-11-12-22(27)18-26(17-21)33(28,29)24-5-3-2-4-6-24/h2-10,13-16,21-22,26H,11-12,17-18H2,1H3. The van der Waals surface area contributed by atoms with Crippen molar-refractivity contribution in [3.63, 3.8) is 0 Å². The Morgan fingerprint density at radius 1 is 0.706 bits per heavy atom. The predicted octanol–water partition coefficient (Wildman–Crippen LogP) is 4.52. The predicted molar refractivity (Wildman–Crippen MR) is 131 cm³/mol. The van der Waals surface area contributed by atoms with Crippen LogP contribution < -0.4 is 4.74 Å². The summed E-state index contributed by atoms with van der Waals surface area (Å²) >= 11 is 0. The number of ether oxygens (including phenoxy) is 1. The Labute approximate surface area is 201 Å². The number of nitrogens with zero attached hydrogens (tertiary/aromatic N) is 1. The topological polar surface area (TPSA) is 80.8 Å². The van der Waals surface area contributed by atoms with Gasteiger partial charge in [-0.1, -0.05) is 42.5 Å². The Kier molecular flexibility index (Phi) is 6.00. The molecule has 0 radical (unpaired) electrons. The molecule has 2 fully saturated rings. The molecule has 0 spiro atoms. The fraction of sp³-hybridized carbons (Fsp3) is 0.308. The van der Waals surface area contributed by atoms with Gasteiger partial charge in [-0.3, -0.25) is 0 Å². The average Bonchev–Trinajstić information content (AvgIpc) is 3.15. The monoisotopic (exact) mass is 497 g/mol. The van der Waals surface area contributed by atoms with Gasteiger partial charge < -0.3 is 4.74 Å². The van der Waals surface area contributed by atoms with E-state index in [1.54, 1.807) is 53.9 Å². The fourth-order valence-electron chi connectivity index (χ4n) is 5.26. The van der Waals surface area contributed by atoms with Crippen LogP contribution in [0.3, 0.4) is 0 Å². The molecule has 2 atom stereocenters. The van der Waals surface area contributed by atoms with Crippen LogP contribution in [0, 0.1) is 0 Å². The zero-order valence-corrected chi connectivity index (χ0v) is 20.5. The van der Waals surface area contributed by atoms with E-state index >= 15 is 0 Å². The number of hydrogen-bond donors (Lipinski definition) is 0. The van der Waals surface area contributed by atoms with Crippen molar-refractivity contribution in [2.24, 2.45) is 0 Å². The first-order chi connectivity index (χ1) is 16.3. The maximum atomic E-state index is 13.6. The van der Waals surface area contributed by atoms with Crippen LogP contribution in [0.5, 0.6) is 5.75 Å². The summed E-state index contributed by atoms with van der Waals surface area (Å²) in [5, 5.41) is -0.559. The number of fused-ring (bicyclic) bond motifs is 2. The van der Waals surface area contributed by atoms with Crippen LogP contribution >= 0.6 is 0 Å². The van der Waals surface area contributed by atoms with E-state index in [9.17, 15) is 16.8 Å². The van der Waals surface area contributed by atoms with Crippen LogP contribution in [0.2, 0.25) is 0 Å². The lowest BCUT2D eigenvalue weighted by molar-refractivity contribution is 0.249. The number of benzene rings is 3. The highest BCUT2D eigenvalue weighted by Gasteiger charge is 2.50. The lowest BCUT2D eigenvalue weighted by atomic mass is 10.1. The quantitative estimate of drug-likeness (QED) is 0.500. The highest BCUT2D eigenvalue weighted by molar-refractivity contribution is 7.92. The van der Waals surface area contributed by atoms with Crippen molar-refractivity contribution in [2.75, 3.05) is 7.11 Å². The Balaban J connectivity index is 1.37. The van der Waals surface area contributed by atoms with Gasteiger partial charge in [-0.15, -0.1) is 0 Å². The summed E-state index contributed by atoms with van der Waals surface area (Å²) in [6.45, 7) is 0. The van der Waals surface area contributed by atoms with Crippen molar-refractivity contribution in [1.29, 1.82) is 0 Å². The number of hydrogen-bond acceptors (Lipinski definition) is 5. The zero-order valence-electron chi connectivity index (χ0n) is 18.9. The third-order valence-electron chi connectivity index (χ3n) is 6.99. The number of sulfonamides is 1. The summed E-state index contributed by atoms with van der Waals surface area (Å²) in [5.41, 5.74) is 1.88. The van der Waals surface area contributed by atoms with Crippen molar-refractivity contribution in [1.82, 2.24) is 4.31 Å². The van der Waals surface area contributed by atoms with E-state index in [0.717, 1.165) is 16.9 Å². The van der Waals surface area contributed by atoms with E-state index < -0.39 is 25.1 Å². The SMILES string of the molecule is COc1ccc(-c2ccc(S(=O)(=O)N3C4CCC3CC(S(=O)(=O)c3ccccc3)C4)cc2)cc1. The van der Waals surface area contributed by atoms with Crippen LogP contribution in [-0.4, -0.2) is 45.6 Å². The van der Waals surface area contributed by atoms with Gasteiger partial charge >= 0.3 is 0 Å². The van der Waals surface area contributed by atoms with E-state index in [-0.39, 0.29) is 17.0 Å². The summed E-state index contributed by atoms with van der Waals surface area (Å²) in [7, 11) is -5.60. The van der Waals surface area contributed by atoms with E-state index in [0.29, 0.717) is 30.6 Å². The maximum absolute atomic E-state index is 13.6. The molecule has 0 aromatic heterocycles. The number of piperidine rings is 1. The van der Waals surface area contributed by atoms with Crippen molar-refractivity contribution in [3.05, 3.63) is 78.9 Å². The second-order valence-corrected chi connectivity index (χ2v) is 13.0. The molecule has 0 aliphatic carbocycles.